The molecule has 0 bridgehead atoms. The molecule has 0 aliphatic heterocycles. The Balaban J connectivity index is 2.07. The van der Waals surface area contributed by atoms with Crippen LogP contribution in [0, 0.1) is 6.92 Å². The summed E-state index contributed by atoms with van der Waals surface area (Å²) in [5.41, 5.74) is 2.78. The van der Waals surface area contributed by atoms with Crippen LogP contribution in [0.25, 0.3) is 0 Å². The smallest absolute Gasteiger partial charge is 0.313 e. The van der Waals surface area contributed by atoms with E-state index in [4.69, 9.17) is 0 Å². The molecule has 0 unspecified atom stereocenters. The molecule has 4 nitrogen and oxygen atoms in total. The predicted octanol–water partition coefficient (Wildman–Crippen LogP) is 1.77. The quantitative estimate of drug-likeness (QED) is 0.799. The Labute approximate surface area is 107 Å². The lowest BCUT2D eigenvalue weighted by molar-refractivity contribution is -0.136. The van der Waals surface area contributed by atoms with Crippen LogP contribution < -0.4 is 10.6 Å². The Morgan fingerprint density at radius 2 is 2.00 bits per heavy atom. The molecule has 1 aromatic carbocycles. The number of anilines is 1. The van der Waals surface area contributed by atoms with Crippen molar-refractivity contribution >= 4 is 17.5 Å². The molecule has 4 heteroatoms. The maximum absolute atomic E-state index is 11.8. The highest BCUT2D eigenvalue weighted by molar-refractivity contribution is 6.39. The van der Waals surface area contributed by atoms with Gasteiger partial charge in [0.15, 0.2) is 0 Å². The number of amides is 2. The van der Waals surface area contributed by atoms with Crippen LogP contribution in [0.15, 0.2) is 18.2 Å². The van der Waals surface area contributed by atoms with E-state index >= 15 is 0 Å². The molecule has 1 aliphatic rings. The standard InChI is InChI=1S/C14H18N2O2/c1-3-10-6-4-5-9(2)12(10)16-14(18)13(17)15-11-7-8-11/h4-6,11H,3,7-8H2,1-2H3,(H,15,17)(H,16,18). The second-order valence-electron chi connectivity index (χ2n) is 4.66. The van der Waals surface area contributed by atoms with Gasteiger partial charge in [-0.3, -0.25) is 9.59 Å². The van der Waals surface area contributed by atoms with Gasteiger partial charge < -0.3 is 10.6 Å². The largest absolute Gasteiger partial charge is 0.345 e. The van der Waals surface area contributed by atoms with Gasteiger partial charge in [0.25, 0.3) is 0 Å². The molecule has 0 aromatic heterocycles. The molecule has 1 aliphatic carbocycles. The fourth-order valence-electron chi connectivity index (χ4n) is 1.85. The summed E-state index contributed by atoms with van der Waals surface area (Å²) in [4.78, 5) is 23.4. The lowest BCUT2D eigenvalue weighted by Crippen LogP contribution is -2.36. The van der Waals surface area contributed by atoms with E-state index in [9.17, 15) is 9.59 Å². The van der Waals surface area contributed by atoms with Crippen LogP contribution in [0.1, 0.15) is 30.9 Å². The van der Waals surface area contributed by atoms with Crippen molar-refractivity contribution in [3.05, 3.63) is 29.3 Å². The molecule has 0 heterocycles. The highest BCUT2D eigenvalue weighted by Crippen LogP contribution is 2.21. The zero-order chi connectivity index (χ0) is 13.1. The molecular formula is C14H18N2O2. The molecule has 0 atom stereocenters. The van der Waals surface area contributed by atoms with Crippen LogP contribution in [0.3, 0.4) is 0 Å². The van der Waals surface area contributed by atoms with E-state index in [1.165, 1.54) is 0 Å². The van der Waals surface area contributed by atoms with Gasteiger partial charge in [-0.15, -0.1) is 0 Å². The number of rotatable bonds is 3. The van der Waals surface area contributed by atoms with Crippen LogP contribution in [0.2, 0.25) is 0 Å². The topological polar surface area (TPSA) is 58.2 Å². The zero-order valence-electron chi connectivity index (χ0n) is 10.7. The number of hydrogen-bond acceptors (Lipinski definition) is 2. The van der Waals surface area contributed by atoms with Crippen LogP contribution in [0.4, 0.5) is 5.69 Å². The SMILES string of the molecule is CCc1cccc(C)c1NC(=O)C(=O)NC1CC1. The molecule has 2 amide bonds. The lowest BCUT2D eigenvalue weighted by atomic mass is 10.1. The van der Waals surface area contributed by atoms with Crippen molar-refractivity contribution in [2.75, 3.05) is 5.32 Å². The Bertz CT molecular complexity index is 479. The maximum atomic E-state index is 11.8. The molecule has 96 valence electrons. The van der Waals surface area contributed by atoms with E-state index in [1.807, 2.05) is 32.0 Å². The first kappa shape index (κ1) is 12.6. The number of hydrogen-bond donors (Lipinski definition) is 2. The minimum Gasteiger partial charge on any atom is -0.345 e. The third kappa shape index (κ3) is 2.88. The van der Waals surface area contributed by atoms with Gasteiger partial charge in [0.2, 0.25) is 0 Å². The van der Waals surface area contributed by atoms with Crippen molar-refractivity contribution in [2.45, 2.75) is 39.2 Å². The minimum absolute atomic E-state index is 0.200. The van der Waals surface area contributed by atoms with Crippen molar-refractivity contribution in [2.24, 2.45) is 0 Å². The van der Waals surface area contributed by atoms with Gasteiger partial charge in [0.05, 0.1) is 0 Å². The molecule has 1 fully saturated rings. The van der Waals surface area contributed by atoms with Crippen molar-refractivity contribution in [1.29, 1.82) is 0 Å². The molecule has 0 radical (unpaired) electrons. The first-order chi connectivity index (χ1) is 8.61. The van der Waals surface area contributed by atoms with Crippen LogP contribution in [0.5, 0.6) is 0 Å². The second kappa shape index (κ2) is 5.21. The van der Waals surface area contributed by atoms with Crippen molar-refractivity contribution in [1.82, 2.24) is 5.32 Å². The Morgan fingerprint density at radius 1 is 1.28 bits per heavy atom. The summed E-state index contributed by atoms with van der Waals surface area (Å²) >= 11 is 0. The first-order valence-corrected chi connectivity index (χ1v) is 6.32. The van der Waals surface area contributed by atoms with E-state index in [-0.39, 0.29) is 6.04 Å². The number of aryl methyl sites for hydroxylation is 2. The van der Waals surface area contributed by atoms with Gasteiger partial charge in [-0.1, -0.05) is 25.1 Å². The highest BCUT2D eigenvalue weighted by atomic mass is 16.2. The second-order valence-corrected chi connectivity index (χ2v) is 4.66. The highest BCUT2D eigenvalue weighted by Gasteiger charge is 2.26. The summed E-state index contributed by atoms with van der Waals surface area (Å²) in [7, 11) is 0. The Kier molecular flexibility index (Phi) is 3.65. The van der Waals surface area contributed by atoms with Crippen molar-refractivity contribution in [3.8, 4) is 0 Å². The van der Waals surface area contributed by atoms with Gasteiger partial charge in [-0.25, -0.2) is 0 Å². The molecular weight excluding hydrogens is 228 g/mol. The summed E-state index contributed by atoms with van der Waals surface area (Å²) in [5.74, 6) is -1.12. The molecule has 2 rings (SSSR count). The van der Waals surface area contributed by atoms with E-state index in [2.05, 4.69) is 10.6 Å². The summed E-state index contributed by atoms with van der Waals surface area (Å²) in [5, 5.41) is 5.39. The third-order valence-corrected chi connectivity index (χ3v) is 3.10. The number of para-hydroxylation sites is 1. The lowest BCUT2D eigenvalue weighted by Gasteiger charge is -2.12. The average Bonchev–Trinajstić information content (AvgIpc) is 3.15. The number of carbonyl (C=O) groups is 2. The van der Waals surface area contributed by atoms with Crippen molar-refractivity contribution < 1.29 is 9.59 Å². The molecule has 0 saturated heterocycles. The van der Waals surface area contributed by atoms with E-state index in [0.29, 0.717) is 0 Å². The van der Waals surface area contributed by atoms with Crippen LogP contribution in [-0.4, -0.2) is 17.9 Å². The van der Waals surface area contributed by atoms with E-state index < -0.39 is 11.8 Å². The van der Waals surface area contributed by atoms with Gasteiger partial charge in [-0.2, -0.15) is 0 Å². The third-order valence-electron chi connectivity index (χ3n) is 3.10. The van der Waals surface area contributed by atoms with Crippen LogP contribution >= 0.6 is 0 Å². The maximum Gasteiger partial charge on any atom is 0.313 e. The van der Waals surface area contributed by atoms with Gasteiger partial charge in [0, 0.05) is 11.7 Å². The Morgan fingerprint density at radius 3 is 2.61 bits per heavy atom. The Hall–Kier alpha value is -1.84. The summed E-state index contributed by atoms with van der Waals surface area (Å²) in [6, 6.07) is 6.04. The zero-order valence-corrected chi connectivity index (χ0v) is 10.7. The first-order valence-electron chi connectivity index (χ1n) is 6.32. The van der Waals surface area contributed by atoms with Gasteiger partial charge in [-0.05, 0) is 37.3 Å². The minimum atomic E-state index is -0.578. The number of carbonyl (C=O) groups excluding carboxylic acids is 2. The fraction of sp³-hybridized carbons (Fsp3) is 0.429. The molecule has 1 aromatic rings. The monoisotopic (exact) mass is 246 g/mol. The summed E-state index contributed by atoms with van der Waals surface area (Å²) in [6.45, 7) is 3.95. The normalized spacial score (nSPS) is 14.1. The molecule has 2 N–H and O–H groups in total. The van der Waals surface area contributed by atoms with Crippen molar-refractivity contribution in [3.63, 3.8) is 0 Å². The van der Waals surface area contributed by atoms with E-state index in [1.54, 1.807) is 0 Å². The summed E-state index contributed by atoms with van der Waals surface area (Å²) in [6.07, 6.45) is 2.77. The molecule has 18 heavy (non-hydrogen) atoms. The van der Waals surface area contributed by atoms with Gasteiger partial charge >= 0.3 is 11.8 Å². The van der Waals surface area contributed by atoms with Gasteiger partial charge in [0.1, 0.15) is 0 Å². The predicted molar refractivity (Wildman–Crippen MR) is 70.4 cm³/mol. The number of benzene rings is 1. The fourth-order valence-corrected chi connectivity index (χ4v) is 1.85. The average molecular weight is 246 g/mol. The van der Waals surface area contributed by atoms with E-state index in [0.717, 1.165) is 36.1 Å². The van der Waals surface area contributed by atoms with Crippen LogP contribution in [-0.2, 0) is 16.0 Å². The molecule has 1 saturated carbocycles. The molecule has 0 spiro atoms. The summed E-state index contributed by atoms with van der Waals surface area (Å²) < 4.78 is 0. The number of nitrogens with one attached hydrogen (secondary N) is 2.